The molecule has 1 saturated heterocycles. The van der Waals surface area contributed by atoms with Crippen LogP contribution in [0.15, 0.2) is 33.7 Å². The summed E-state index contributed by atoms with van der Waals surface area (Å²) in [6.07, 6.45) is 1.32. The SMILES string of the molecule is C[NH+](C)CCN=CC1C(=O)NC(=O)N(c2ccc(Br)cc2)C1=O. The van der Waals surface area contributed by atoms with Crippen molar-refractivity contribution >= 4 is 45.7 Å². The third-order valence-corrected chi connectivity index (χ3v) is 3.81. The number of quaternary nitrogens is 1. The number of rotatable bonds is 5. The number of hydrogen-bond acceptors (Lipinski definition) is 4. The zero-order valence-corrected chi connectivity index (χ0v) is 14.5. The number of nitrogens with one attached hydrogen (secondary N) is 2. The van der Waals surface area contributed by atoms with E-state index in [2.05, 4.69) is 26.2 Å². The molecule has 122 valence electrons. The lowest BCUT2D eigenvalue weighted by atomic mass is 10.1. The fourth-order valence-corrected chi connectivity index (χ4v) is 2.29. The fourth-order valence-electron chi connectivity index (χ4n) is 2.02. The average molecular weight is 382 g/mol. The third-order valence-electron chi connectivity index (χ3n) is 3.28. The first-order chi connectivity index (χ1) is 10.9. The van der Waals surface area contributed by atoms with Gasteiger partial charge in [0, 0.05) is 10.7 Å². The topological polar surface area (TPSA) is 83.3 Å². The molecule has 1 aromatic rings. The van der Waals surface area contributed by atoms with E-state index < -0.39 is 23.8 Å². The number of halogens is 1. The van der Waals surface area contributed by atoms with Gasteiger partial charge >= 0.3 is 6.03 Å². The standard InChI is InChI=1S/C15H17BrN4O3/c1-19(2)8-7-17-9-12-13(21)18-15(23)20(14(12)22)11-5-3-10(16)4-6-11/h3-6,9,12H,7-8H2,1-2H3,(H,18,21,23)/p+1. The number of imide groups is 2. The molecule has 7 nitrogen and oxygen atoms in total. The Morgan fingerprint density at radius 1 is 1.26 bits per heavy atom. The molecule has 0 aliphatic carbocycles. The van der Waals surface area contributed by atoms with Crippen LogP contribution in [0, 0.1) is 5.92 Å². The average Bonchev–Trinajstić information content (AvgIpc) is 2.47. The summed E-state index contributed by atoms with van der Waals surface area (Å²) in [7, 11) is 3.98. The highest BCUT2D eigenvalue weighted by molar-refractivity contribution is 9.10. The van der Waals surface area contributed by atoms with Gasteiger partial charge in [0.15, 0.2) is 5.92 Å². The number of hydrogen-bond donors (Lipinski definition) is 2. The number of carbonyl (C=O) groups excluding carboxylic acids is 3. The van der Waals surface area contributed by atoms with Crippen molar-refractivity contribution in [3.05, 3.63) is 28.7 Å². The summed E-state index contributed by atoms with van der Waals surface area (Å²) >= 11 is 3.29. The Bertz CT molecular complexity index is 643. The monoisotopic (exact) mass is 381 g/mol. The van der Waals surface area contributed by atoms with Gasteiger partial charge in [-0.15, -0.1) is 0 Å². The molecule has 23 heavy (non-hydrogen) atoms. The third kappa shape index (κ3) is 4.23. The first-order valence-electron chi connectivity index (χ1n) is 7.13. The van der Waals surface area contributed by atoms with E-state index >= 15 is 0 Å². The number of nitrogens with zero attached hydrogens (tertiary/aromatic N) is 2. The van der Waals surface area contributed by atoms with Crippen LogP contribution in [0.3, 0.4) is 0 Å². The lowest BCUT2D eigenvalue weighted by Gasteiger charge is -2.28. The van der Waals surface area contributed by atoms with Crippen molar-refractivity contribution in [1.82, 2.24) is 5.32 Å². The second-order valence-corrected chi connectivity index (χ2v) is 6.35. The molecule has 1 unspecified atom stereocenters. The second kappa shape index (κ2) is 7.47. The van der Waals surface area contributed by atoms with E-state index in [1.807, 2.05) is 14.1 Å². The van der Waals surface area contributed by atoms with Gasteiger partial charge in [0.05, 0.1) is 32.9 Å². The molecule has 1 heterocycles. The van der Waals surface area contributed by atoms with Crippen LogP contribution in [-0.4, -0.2) is 51.2 Å². The van der Waals surface area contributed by atoms with Crippen LogP contribution in [0.1, 0.15) is 0 Å². The lowest BCUT2D eigenvalue weighted by Crippen LogP contribution is -3.06. The molecular weight excluding hydrogens is 364 g/mol. The highest BCUT2D eigenvalue weighted by Gasteiger charge is 2.40. The molecule has 1 aromatic carbocycles. The number of aliphatic imine (C=N–C) groups is 1. The van der Waals surface area contributed by atoms with E-state index in [0.29, 0.717) is 12.2 Å². The van der Waals surface area contributed by atoms with Crippen molar-refractivity contribution in [2.45, 2.75) is 0 Å². The highest BCUT2D eigenvalue weighted by Crippen LogP contribution is 2.22. The molecule has 0 saturated carbocycles. The molecule has 0 spiro atoms. The van der Waals surface area contributed by atoms with Crippen LogP contribution < -0.4 is 15.1 Å². The van der Waals surface area contributed by atoms with E-state index in [1.54, 1.807) is 24.3 Å². The van der Waals surface area contributed by atoms with Crippen LogP contribution in [0.2, 0.25) is 0 Å². The van der Waals surface area contributed by atoms with Crippen LogP contribution in [0.5, 0.6) is 0 Å². The molecule has 0 bridgehead atoms. The van der Waals surface area contributed by atoms with Crippen LogP contribution in [-0.2, 0) is 9.59 Å². The maximum Gasteiger partial charge on any atom is 0.335 e. The summed E-state index contributed by atoms with van der Waals surface area (Å²) in [6.45, 7) is 1.29. The molecule has 0 radical (unpaired) electrons. The highest BCUT2D eigenvalue weighted by atomic mass is 79.9. The quantitative estimate of drug-likeness (QED) is 0.550. The predicted octanol–water partition coefficient (Wildman–Crippen LogP) is -0.137. The summed E-state index contributed by atoms with van der Waals surface area (Å²) in [5.74, 6) is -2.33. The molecule has 0 aromatic heterocycles. The minimum atomic E-state index is -1.09. The zero-order chi connectivity index (χ0) is 17.0. The normalized spacial score (nSPS) is 18.9. The number of amides is 4. The largest absolute Gasteiger partial charge is 0.338 e. The maximum absolute atomic E-state index is 12.5. The summed E-state index contributed by atoms with van der Waals surface area (Å²) in [5, 5.41) is 2.19. The minimum absolute atomic E-state index is 0.402. The van der Waals surface area contributed by atoms with Gasteiger partial charge in [0.2, 0.25) is 5.91 Å². The molecule has 2 N–H and O–H groups in total. The van der Waals surface area contributed by atoms with Gasteiger partial charge in [0.1, 0.15) is 0 Å². The molecule has 4 amide bonds. The van der Waals surface area contributed by atoms with E-state index in [0.717, 1.165) is 15.9 Å². The maximum atomic E-state index is 12.5. The summed E-state index contributed by atoms with van der Waals surface area (Å²) in [6, 6.07) is 5.94. The van der Waals surface area contributed by atoms with Gasteiger partial charge in [-0.3, -0.25) is 19.9 Å². The Morgan fingerprint density at radius 3 is 2.52 bits per heavy atom. The lowest BCUT2D eigenvalue weighted by molar-refractivity contribution is -0.856. The smallest absolute Gasteiger partial charge is 0.335 e. The number of carbonyl (C=O) groups is 3. The molecule has 1 atom stereocenters. The second-order valence-electron chi connectivity index (χ2n) is 5.43. The van der Waals surface area contributed by atoms with Crippen LogP contribution in [0.25, 0.3) is 0 Å². The summed E-state index contributed by atoms with van der Waals surface area (Å²) in [4.78, 5) is 42.7. The van der Waals surface area contributed by atoms with Crippen molar-refractivity contribution in [3.63, 3.8) is 0 Å². The van der Waals surface area contributed by atoms with Gasteiger partial charge in [-0.1, -0.05) is 15.9 Å². The molecule has 8 heteroatoms. The van der Waals surface area contributed by atoms with E-state index in [4.69, 9.17) is 0 Å². The molecule has 2 rings (SSSR count). The van der Waals surface area contributed by atoms with Crippen molar-refractivity contribution < 1.29 is 19.3 Å². The van der Waals surface area contributed by atoms with Gasteiger partial charge in [-0.05, 0) is 24.3 Å². The molecule has 1 fully saturated rings. The van der Waals surface area contributed by atoms with E-state index in [1.165, 1.54) is 11.1 Å². The van der Waals surface area contributed by atoms with Gasteiger partial charge in [0.25, 0.3) is 5.91 Å². The molecule has 1 aliphatic heterocycles. The minimum Gasteiger partial charge on any atom is -0.338 e. The molecule has 1 aliphatic rings. The van der Waals surface area contributed by atoms with Crippen LogP contribution >= 0.6 is 15.9 Å². The summed E-state index contributed by atoms with van der Waals surface area (Å²) in [5.41, 5.74) is 0.402. The molecular formula is C15H18BrN4O3+. The number of urea groups is 1. The Labute approximate surface area is 142 Å². The van der Waals surface area contributed by atoms with Crippen LogP contribution in [0.4, 0.5) is 10.5 Å². The predicted molar refractivity (Wildman–Crippen MR) is 89.7 cm³/mol. The van der Waals surface area contributed by atoms with Crippen molar-refractivity contribution in [2.24, 2.45) is 10.9 Å². The van der Waals surface area contributed by atoms with Crippen molar-refractivity contribution in [2.75, 3.05) is 32.1 Å². The van der Waals surface area contributed by atoms with E-state index in [-0.39, 0.29) is 0 Å². The Hall–Kier alpha value is -2.06. The first-order valence-corrected chi connectivity index (χ1v) is 7.93. The number of likely N-dealkylation sites (N-methyl/N-ethyl adjacent to an activating group) is 1. The zero-order valence-electron chi connectivity index (χ0n) is 12.9. The van der Waals surface area contributed by atoms with Gasteiger partial charge in [-0.2, -0.15) is 0 Å². The van der Waals surface area contributed by atoms with Gasteiger partial charge < -0.3 is 4.90 Å². The number of benzene rings is 1. The van der Waals surface area contributed by atoms with E-state index in [9.17, 15) is 14.4 Å². The number of anilines is 1. The fraction of sp³-hybridized carbons (Fsp3) is 0.333. The van der Waals surface area contributed by atoms with Crippen molar-refractivity contribution in [3.8, 4) is 0 Å². The Kier molecular flexibility index (Phi) is 5.62. The van der Waals surface area contributed by atoms with Gasteiger partial charge in [-0.25, -0.2) is 9.69 Å². The van der Waals surface area contributed by atoms with Crippen molar-refractivity contribution in [1.29, 1.82) is 0 Å². The summed E-state index contributed by atoms with van der Waals surface area (Å²) < 4.78 is 0.825. The Balaban J connectivity index is 2.18. The first kappa shape index (κ1) is 17.3. The Morgan fingerprint density at radius 2 is 1.91 bits per heavy atom. The number of barbiturate groups is 1.